The Balaban J connectivity index is 1.70. The summed E-state index contributed by atoms with van der Waals surface area (Å²) in [5.74, 6) is 0.101. The van der Waals surface area contributed by atoms with E-state index in [1.54, 1.807) is 12.3 Å². The van der Waals surface area contributed by atoms with E-state index in [0.717, 1.165) is 37.4 Å². The molecule has 1 aromatic heterocycles. The van der Waals surface area contributed by atoms with Crippen molar-refractivity contribution < 1.29 is 9.53 Å². The third-order valence-corrected chi connectivity index (χ3v) is 4.82. The topological polar surface area (TPSA) is 45.7 Å². The lowest BCUT2D eigenvalue weighted by molar-refractivity contribution is -0.125. The van der Waals surface area contributed by atoms with Crippen LogP contribution in [0.5, 0.6) is 0 Å². The molecule has 0 unspecified atom stereocenters. The van der Waals surface area contributed by atoms with E-state index in [1.165, 1.54) is 11.5 Å². The Hall–Kier alpha value is -0.980. The monoisotopic (exact) mass is 281 g/mol. The summed E-state index contributed by atoms with van der Waals surface area (Å²) in [5.41, 5.74) is -0.120. The van der Waals surface area contributed by atoms with Crippen molar-refractivity contribution in [2.45, 2.75) is 18.4 Å². The Morgan fingerprint density at radius 2 is 2.21 bits per heavy atom. The predicted molar refractivity (Wildman–Crippen MR) is 73.4 cm³/mol. The zero-order chi connectivity index (χ0) is 13.3. The van der Waals surface area contributed by atoms with Crippen molar-refractivity contribution in [3.63, 3.8) is 0 Å². The Labute approximate surface area is 117 Å². The first-order chi connectivity index (χ1) is 9.19. The minimum atomic E-state index is -0.120. The van der Waals surface area contributed by atoms with E-state index in [1.807, 2.05) is 4.90 Å². The molecule has 2 fully saturated rings. The molecule has 2 saturated heterocycles. The standard InChI is InChI=1S/C13H19N3O2S/c1-15-6-3-13(4-7-15)10-16(8-9-18-13)12(17)11-2-5-14-19-11/h2,5H,3-4,6-10H2,1H3. The number of piperidine rings is 1. The van der Waals surface area contributed by atoms with Crippen LogP contribution in [-0.2, 0) is 4.74 Å². The fraction of sp³-hybridized carbons (Fsp3) is 0.692. The number of hydrogen-bond donors (Lipinski definition) is 0. The molecule has 0 bridgehead atoms. The molecule has 0 atom stereocenters. The van der Waals surface area contributed by atoms with Crippen LogP contribution in [0, 0.1) is 0 Å². The van der Waals surface area contributed by atoms with Gasteiger partial charge in [0.15, 0.2) is 0 Å². The molecule has 0 radical (unpaired) electrons. The Bertz CT molecular complexity index is 441. The number of carbonyl (C=O) groups is 1. The molecule has 0 saturated carbocycles. The van der Waals surface area contributed by atoms with Crippen LogP contribution in [0.1, 0.15) is 22.5 Å². The fourth-order valence-corrected chi connectivity index (χ4v) is 3.39. The number of carbonyl (C=O) groups excluding carboxylic acids is 1. The van der Waals surface area contributed by atoms with Crippen molar-refractivity contribution in [1.29, 1.82) is 0 Å². The van der Waals surface area contributed by atoms with Crippen LogP contribution in [0.2, 0.25) is 0 Å². The minimum absolute atomic E-state index is 0.101. The molecular formula is C13H19N3O2S. The lowest BCUT2D eigenvalue weighted by Crippen LogP contribution is -2.57. The highest BCUT2D eigenvalue weighted by Gasteiger charge is 2.40. The zero-order valence-corrected chi connectivity index (χ0v) is 12.0. The van der Waals surface area contributed by atoms with Gasteiger partial charge in [0.1, 0.15) is 4.88 Å². The van der Waals surface area contributed by atoms with E-state index in [2.05, 4.69) is 16.3 Å². The van der Waals surface area contributed by atoms with Crippen molar-refractivity contribution in [3.8, 4) is 0 Å². The Morgan fingerprint density at radius 3 is 2.89 bits per heavy atom. The van der Waals surface area contributed by atoms with Gasteiger partial charge in [-0.2, -0.15) is 0 Å². The molecule has 0 aromatic carbocycles. The molecule has 1 aromatic rings. The first-order valence-electron chi connectivity index (χ1n) is 6.71. The third-order valence-electron chi connectivity index (χ3n) is 4.08. The molecule has 104 valence electrons. The smallest absolute Gasteiger partial charge is 0.265 e. The van der Waals surface area contributed by atoms with Gasteiger partial charge in [-0.15, -0.1) is 0 Å². The van der Waals surface area contributed by atoms with Gasteiger partial charge in [0.2, 0.25) is 0 Å². The highest BCUT2D eigenvalue weighted by atomic mass is 32.1. The summed E-state index contributed by atoms with van der Waals surface area (Å²) in [6.45, 7) is 4.14. The van der Waals surface area contributed by atoms with Gasteiger partial charge in [-0.05, 0) is 37.5 Å². The molecule has 6 heteroatoms. The van der Waals surface area contributed by atoms with Gasteiger partial charge in [-0.1, -0.05) is 0 Å². The van der Waals surface area contributed by atoms with Crippen LogP contribution in [-0.4, -0.2) is 65.5 Å². The maximum absolute atomic E-state index is 12.4. The number of morpholine rings is 1. The first-order valence-corrected chi connectivity index (χ1v) is 7.48. The van der Waals surface area contributed by atoms with Crippen LogP contribution < -0.4 is 0 Å². The number of likely N-dealkylation sites (tertiary alicyclic amines) is 1. The number of rotatable bonds is 1. The van der Waals surface area contributed by atoms with Crippen molar-refractivity contribution in [2.75, 3.05) is 39.8 Å². The second-order valence-corrected chi connectivity index (χ2v) is 6.27. The van der Waals surface area contributed by atoms with Crippen molar-refractivity contribution in [3.05, 3.63) is 17.1 Å². The maximum Gasteiger partial charge on any atom is 0.265 e. The third kappa shape index (κ3) is 2.66. The molecule has 0 N–H and O–H groups in total. The number of aromatic nitrogens is 1. The van der Waals surface area contributed by atoms with Gasteiger partial charge in [-0.3, -0.25) is 4.79 Å². The zero-order valence-electron chi connectivity index (χ0n) is 11.2. The number of nitrogens with zero attached hydrogens (tertiary/aromatic N) is 3. The van der Waals surface area contributed by atoms with Gasteiger partial charge in [0, 0.05) is 25.8 Å². The molecule has 0 aliphatic carbocycles. The highest BCUT2D eigenvalue weighted by molar-refractivity contribution is 7.08. The van der Waals surface area contributed by atoms with E-state index in [4.69, 9.17) is 4.74 Å². The Kier molecular flexibility index (Phi) is 3.56. The summed E-state index contributed by atoms with van der Waals surface area (Å²) >= 11 is 1.27. The summed E-state index contributed by atoms with van der Waals surface area (Å²) in [7, 11) is 2.13. The largest absolute Gasteiger partial charge is 0.371 e. The molecule has 3 rings (SSSR count). The lowest BCUT2D eigenvalue weighted by Gasteiger charge is -2.46. The van der Waals surface area contributed by atoms with Crippen molar-refractivity contribution in [1.82, 2.24) is 14.2 Å². The number of amides is 1. The number of ether oxygens (including phenoxy) is 1. The van der Waals surface area contributed by atoms with E-state index in [0.29, 0.717) is 13.2 Å². The lowest BCUT2D eigenvalue weighted by atomic mass is 9.89. The van der Waals surface area contributed by atoms with Crippen LogP contribution in [0.25, 0.3) is 0 Å². The summed E-state index contributed by atoms with van der Waals surface area (Å²) < 4.78 is 10.0. The average Bonchev–Trinajstić information content (AvgIpc) is 2.96. The van der Waals surface area contributed by atoms with Crippen LogP contribution in [0.3, 0.4) is 0 Å². The number of hydrogen-bond acceptors (Lipinski definition) is 5. The molecule has 2 aliphatic heterocycles. The molecule has 19 heavy (non-hydrogen) atoms. The van der Waals surface area contributed by atoms with E-state index < -0.39 is 0 Å². The van der Waals surface area contributed by atoms with E-state index in [9.17, 15) is 4.79 Å². The molecule has 1 amide bonds. The van der Waals surface area contributed by atoms with Gasteiger partial charge < -0.3 is 14.5 Å². The van der Waals surface area contributed by atoms with Crippen molar-refractivity contribution >= 4 is 17.4 Å². The Morgan fingerprint density at radius 1 is 1.42 bits per heavy atom. The first kappa shape index (κ1) is 13.0. The summed E-state index contributed by atoms with van der Waals surface area (Å²) in [6.07, 6.45) is 3.70. The predicted octanol–water partition coefficient (Wildman–Crippen LogP) is 1.08. The van der Waals surface area contributed by atoms with Gasteiger partial charge in [0.05, 0.1) is 18.8 Å². The average molecular weight is 281 g/mol. The van der Waals surface area contributed by atoms with E-state index >= 15 is 0 Å². The summed E-state index contributed by atoms with van der Waals surface area (Å²) in [4.78, 5) is 17.4. The highest BCUT2D eigenvalue weighted by Crippen LogP contribution is 2.30. The van der Waals surface area contributed by atoms with Crippen LogP contribution >= 0.6 is 11.5 Å². The summed E-state index contributed by atoms with van der Waals surface area (Å²) in [5, 5.41) is 0. The SMILES string of the molecule is CN1CCC2(CC1)CN(C(=O)c1ccns1)CCO2. The maximum atomic E-state index is 12.4. The van der Waals surface area contributed by atoms with Gasteiger partial charge in [0.25, 0.3) is 5.91 Å². The normalized spacial score (nSPS) is 23.7. The molecule has 5 nitrogen and oxygen atoms in total. The molecule has 3 heterocycles. The molecular weight excluding hydrogens is 262 g/mol. The van der Waals surface area contributed by atoms with Crippen LogP contribution in [0.15, 0.2) is 12.3 Å². The second kappa shape index (κ2) is 5.19. The molecule has 2 aliphatic rings. The van der Waals surface area contributed by atoms with Crippen molar-refractivity contribution in [2.24, 2.45) is 0 Å². The van der Waals surface area contributed by atoms with E-state index in [-0.39, 0.29) is 11.5 Å². The quantitative estimate of drug-likeness (QED) is 0.773. The fourth-order valence-electron chi connectivity index (χ4n) is 2.83. The second-order valence-electron chi connectivity index (χ2n) is 5.44. The summed E-state index contributed by atoms with van der Waals surface area (Å²) in [6, 6.07) is 1.80. The van der Waals surface area contributed by atoms with Gasteiger partial charge in [-0.25, -0.2) is 4.37 Å². The minimum Gasteiger partial charge on any atom is -0.371 e. The molecule has 1 spiro atoms. The van der Waals surface area contributed by atoms with Gasteiger partial charge >= 0.3 is 0 Å². The van der Waals surface area contributed by atoms with Crippen LogP contribution in [0.4, 0.5) is 0 Å².